The lowest BCUT2D eigenvalue weighted by Crippen LogP contribution is -2.17. The molecule has 1 saturated heterocycles. The summed E-state index contributed by atoms with van der Waals surface area (Å²) in [5.74, 6) is 0.125. The number of carbonyl (C=O) groups excluding carboxylic acids is 1. The van der Waals surface area contributed by atoms with Crippen molar-refractivity contribution in [3.8, 4) is 0 Å². The van der Waals surface area contributed by atoms with Gasteiger partial charge >= 0.3 is 0 Å². The van der Waals surface area contributed by atoms with Gasteiger partial charge < -0.3 is 5.32 Å². The Bertz CT molecular complexity index is 920. The molecule has 0 aliphatic carbocycles. The first kappa shape index (κ1) is 19.0. The number of nitrogens with zero attached hydrogens (tertiary/aromatic N) is 2. The fourth-order valence-corrected chi connectivity index (χ4v) is 5.26. The number of rotatable bonds is 5. The second-order valence-corrected chi connectivity index (χ2v) is 9.91. The highest BCUT2D eigenvalue weighted by molar-refractivity contribution is 7.98. The lowest BCUT2D eigenvalue weighted by Gasteiger charge is -2.15. The normalized spacial score (nSPS) is 19.0. The molecule has 0 unspecified atom stereocenters. The molecule has 0 radical (unpaired) electrons. The van der Waals surface area contributed by atoms with Crippen LogP contribution in [-0.4, -0.2) is 41.9 Å². The topological polar surface area (TPSA) is 81.1 Å². The minimum Gasteiger partial charge on any atom is -0.321 e. The monoisotopic (exact) mass is 393 g/mol. The van der Waals surface area contributed by atoms with Crippen molar-refractivity contribution in [2.45, 2.75) is 37.1 Å². The fourth-order valence-electron chi connectivity index (χ4n) is 3.11. The predicted molar refractivity (Wildman–Crippen MR) is 105 cm³/mol. The molecule has 26 heavy (non-hydrogen) atoms. The molecule has 1 aromatic heterocycles. The van der Waals surface area contributed by atoms with Crippen LogP contribution in [0.1, 0.15) is 48.4 Å². The van der Waals surface area contributed by atoms with Crippen LogP contribution >= 0.6 is 11.8 Å². The third-order valence-electron chi connectivity index (χ3n) is 4.47. The van der Waals surface area contributed by atoms with Crippen molar-refractivity contribution in [2.75, 3.05) is 23.1 Å². The summed E-state index contributed by atoms with van der Waals surface area (Å²) in [5, 5.41) is 7.33. The van der Waals surface area contributed by atoms with E-state index < -0.39 is 9.84 Å². The third kappa shape index (κ3) is 4.12. The van der Waals surface area contributed by atoms with Gasteiger partial charge in [0.25, 0.3) is 5.91 Å². The van der Waals surface area contributed by atoms with Crippen LogP contribution < -0.4 is 5.32 Å². The zero-order valence-electron chi connectivity index (χ0n) is 15.1. The SMILES string of the molecule is CSc1cccc(NC(=O)c2cc(C(C)C)n([C@@H]3CCS(=O)(=O)C3)n2)c1. The van der Waals surface area contributed by atoms with Crippen molar-refractivity contribution in [1.29, 1.82) is 0 Å². The molecule has 1 aliphatic heterocycles. The number of sulfone groups is 1. The molecule has 1 amide bonds. The summed E-state index contributed by atoms with van der Waals surface area (Å²) in [5.41, 5.74) is 1.91. The molecule has 1 aromatic carbocycles. The van der Waals surface area contributed by atoms with Crippen molar-refractivity contribution in [2.24, 2.45) is 0 Å². The number of hydrogen-bond acceptors (Lipinski definition) is 5. The Labute approximate surface area is 158 Å². The highest BCUT2D eigenvalue weighted by Gasteiger charge is 2.32. The van der Waals surface area contributed by atoms with Crippen molar-refractivity contribution >= 4 is 33.2 Å². The first-order valence-electron chi connectivity index (χ1n) is 8.54. The fraction of sp³-hybridized carbons (Fsp3) is 0.444. The van der Waals surface area contributed by atoms with E-state index in [2.05, 4.69) is 10.4 Å². The van der Waals surface area contributed by atoms with E-state index in [0.717, 1.165) is 10.6 Å². The Balaban J connectivity index is 1.86. The van der Waals surface area contributed by atoms with Crippen LogP contribution in [0.5, 0.6) is 0 Å². The smallest absolute Gasteiger partial charge is 0.276 e. The molecule has 1 fully saturated rings. The van der Waals surface area contributed by atoms with E-state index in [1.165, 1.54) is 0 Å². The van der Waals surface area contributed by atoms with E-state index in [-0.39, 0.29) is 29.4 Å². The summed E-state index contributed by atoms with van der Waals surface area (Å²) < 4.78 is 25.4. The minimum atomic E-state index is -3.02. The van der Waals surface area contributed by atoms with Crippen molar-refractivity contribution in [1.82, 2.24) is 9.78 Å². The molecule has 0 saturated carbocycles. The highest BCUT2D eigenvalue weighted by atomic mass is 32.2. The van der Waals surface area contributed by atoms with E-state index in [9.17, 15) is 13.2 Å². The number of thioether (sulfide) groups is 1. The van der Waals surface area contributed by atoms with Gasteiger partial charge in [-0.25, -0.2) is 8.42 Å². The Morgan fingerprint density at radius 3 is 2.73 bits per heavy atom. The molecular weight excluding hydrogens is 370 g/mol. The van der Waals surface area contributed by atoms with Crippen LogP contribution in [0.2, 0.25) is 0 Å². The number of aromatic nitrogens is 2. The first-order chi connectivity index (χ1) is 12.3. The van der Waals surface area contributed by atoms with Crippen LogP contribution in [-0.2, 0) is 9.84 Å². The summed E-state index contributed by atoms with van der Waals surface area (Å²) >= 11 is 1.61. The Morgan fingerprint density at radius 2 is 2.12 bits per heavy atom. The van der Waals surface area contributed by atoms with Crippen LogP contribution in [0.25, 0.3) is 0 Å². The van der Waals surface area contributed by atoms with Gasteiger partial charge in [0.15, 0.2) is 15.5 Å². The van der Waals surface area contributed by atoms with Gasteiger partial charge in [-0.3, -0.25) is 9.48 Å². The van der Waals surface area contributed by atoms with Gasteiger partial charge in [-0.05, 0) is 42.9 Å². The van der Waals surface area contributed by atoms with Crippen molar-refractivity contribution < 1.29 is 13.2 Å². The van der Waals surface area contributed by atoms with Gasteiger partial charge in [-0.15, -0.1) is 11.8 Å². The van der Waals surface area contributed by atoms with Gasteiger partial charge in [0.05, 0.1) is 17.5 Å². The molecule has 2 heterocycles. The third-order valence-corrected chi connectivity index (χ3v) is 6.95. The molecule has 1 atom stereocenters. The maximum absolute atomic E-state index is 12.6. The van der Waals surface area contributed by atoms with Gasteiger partial charge in [-0.2, -0.15) is 5.10 Å². The largest absolute Gasteiger partial charge is 0.321 e. The summed E-state index contributed by atoms with van der Waals surface area (Å²) in [6.45, 7) is 4.03. The molecular formula is C18H23N3O3S2. The van der Waals surface area contributed by atoms with E-state index >= 15 is 0 Å². The molecule has 1 aliphatic rings. The van der Waals surface area contributed by atoms with Gasteiger partial charge in [0, 0.05) is 16.3 Å². The van der Waals surface area contributed by atoms with E-state index in [1.807, 2.05) is 44.4 Å². The van der Waals surface area contributed by atoms with Gasteiger partial charge in [0.1, 0.15) is 0 Å². The summed E-state index contributed by atoms with van der Waals surface area (Å²) in [6, 6.07) is 9.19. The zero-order valence-corrected chi connectivity index (χ0v) is 16.7. The Hall–Kier alpha value is -1.80. The van der Waals surface area contributed by atoms with Crippen LogP contribution in [0.3, 0.4) is 0 Å². The first-order valence-corrected chi connectivity index (χ1v) is 11.6. The number of anilines is 1. The second-order valence-electron chi connectivity index (χ2n) is 6.80. The average Bonchev–Trinajstić information content (AvgIpc) is 3.18. The van der Waals surface area contributed by atoms with E-state index in [1.54, 1.807) is 22.5 Å². The number of amides is 1. The van der Waals surface area contributed by atoms with Crippen molar-refractivity contribution in [3.63, 3.8) is 0 Å². The lowest BCUT2D eigenvalue weighted by atomic mass is 10.1. The highest BCUT2D eigenvalue weighted by Crippen LogP contribution is 2.28. The summed E-state index contributed by atoms with van der Waals surface area (Å²) in [6.07, 6.45) is 2.52. The molecule has 6 nitrogen and oxygen atoms in total. The number of nitrogens with one attached hydrogen (secondary N) is 1. The quantitative estimate of drug-likeness (QED) is 0.788. The van der Waals surface area contributed by atoms with Gasteiger partial charge in [0.2, 0.25) is 0 Å². The maximum Gasteiger partial charge on any atom is 0.276 e. The number of hydrogen-bond donors (Lipinski definition) is 1. The molecule has 0 bridgehead atoms. The van der Waals surface area contributed by atoms with Crippen LogP contribution in [0.15, 0.2) is 35.2 Å². The Morgan fingerprint density at radius 1 is 1.35 bits per heavy atom. The Kier molecular flexibility index (Phi) is 5.43. The number of benzene rings is 1. The molecule has 3 rings (SSSR count). The van der Waals surface area contributed by atoms with Crippen LogP contribution in [0, 0.1) is 0 Å². The van der Waals surface area contributed by atoms with Crippen LogP contribution in [0.4, 0.5) is 5.69 Å². The summed E-state index contributed by atoms with van der Waals surface area (Å²) in [7, 11) is -3.02. The molecule has 0 spiro atoms. The van der Waals surface area contributed by atoms with E-state index in [0.29, 0.717) is 17.8 Å². The number of carbonyl (C=O) groups is 1. The molecule has 1 N–H and O–H groups in total. The molecule has 8 heteroatoms. The van der Waals surface area contributed by atoms with Gasteiger partial charge in [-0.1, -0.05) is 19.9 Å². The zero-order chi connectivity index (χ0) is 18.9. The summed E-state index contributed by atoms with van der Waals surface area (Å²) in [4.78, 5) is 13.7. The molecule has 2 aromatic rings. The average molecular weight is 394 g/mol. The van der Waals surface area contributed by atoms with E-state index in [4.69, 9.17) is 0 Å². The minimum absolute atomic E-state index is 0.0885. The maximum atomic E-state index is 12.6. The lowest BCUT2D eigenvalue weighted by molar-refractivity contribution is 0.102. The predicted octanol–water partition coefficient (Wildman–Crippen LogP) is 3.34. The molecule has 140 valence electrons. The second kappa shape index (κ2) is 7.44. The standard InChI is InChI=1S/C18H23N3O3S2/c1-12(2)17-10-16(20-21(17)14-7-8-26(23,24)11-14)18(22)19-13-5-4-6-15(9-13)25-3/h4-6,9-10,12,14H,7-8,11H2,1-3H3,(H,19,22)/t14-/m1/s1. The van der Waals surface area contributed by atoms with Crippen molar-refractivity contribution in [3.05, 3.63) is 41.7 Å².